The molecule has 0 fully saturated rings. The molecule has 0 aliphatic carbocycles. The number of carboxylic acids is 2. The lowest BCUT2D eigenvalue weighted by Crippen LogP contribution is -2.58. The van der Waals surface area contributed by atoms with E-state index in [1.807, 2.05) is 6.92 Å². The van der Waals surface area contributed by atoms with Gasteiger partial charge in [-0.3, -0.25) is 19.2 Å². The Labute approximate surface area is 207 Å². The fourth-order valence-corrected chi connectivity index (χ4v) is 3.50. The molecule has 14 heteroatoms. The zero-order chi connectivity index (χ0) is 26.5. The number of rotatable bonds is 16. The van der Waals surface area contributed by atoms with Crippen LogP contribution in [0.5, 0.6) is 0 Å². The quantitative estimate of drug-likeness (QED) is 0.144. The average Bonchev–Trinajstić information content (AvgIpc) is 3.32. The van der Waals surface area contributed by atoms with Crippen molar-refractivity contribution in [3.63, 3.8) is 0 Å². The number of H-pyrrole nitrogens is 1. The number of carbonyl (C=O) groups is 5. The number of aromatic nitrogens is 2. The molecule has 5 unspecified atom stereocenters. The number of carboxylic acid groups (broad SMARTS) is 2. The van der Waals surface area contributed by atoms with Crippen LogP contribution < -0.4 is 21.7 Å². The lowest BCUT2D eigenvalue weighted by molar-refractivity contribution is -0.143. The summed E-state index contributed by atoms with van der Waals surface area (Å²) < 4.78 is 0. The summed E-state index contributed by atoms with van der Waals surface area (Å²) in [6.45, 7) is 3.58. The molecule has 35 heavy (non-hydrogen) atoms. The van der Waals surface area contributed by atoms with E-state index < -0.39 is 60.2 Å². The molecule has 0 spiro atoms. The monoisotopic (exact) mass is 514 g/mol. The Balaban J connectivity index is 3.07. The van der Waals surface area contributed by atoms with E-state index in [1.54, 1.807) is 13.2 Å². The molecule has 1 aromatic rings. The van der Waals surface area contributed by atoms with Crippen LogP contribution in [0.15, 0.2) is 12.5 Å². The van der Waals surface area contributed by atoms with Crippen LogP contribution in [0, 0.1) is 5.92 Å². The molecule has 0 bridgehead atoms. The number of hydrogen-bond donors (Lipinski definition) is 7. The number of nitrogens with one attached hydrogen (secondary N) is 4. The number of imidazole rings is 1. The molecule has 0 saturated heterocycles. The molecule has 196 valence electrons. The summed E-state index contributed by atoms with van der Waals surface area (Å²) in [4.78, 5) is 67.9. The van der Waals surface area contributed by atoms with Crippen LogP contribution in [0.2, 0.25) is 0 Å². The van der Waals surface area contributed by atoms with Gasteiger partial charge in [0.1, 0.15) is 18.1 Å². The van der Waals surface area contributed by atoms with E-state index in [0.29, 0.717) is 17.9 Å². The van der Waals surface area contributed by atoms with Crippen LogP contribution in [0.3, 0.4) is 0 Å². The summed E-state index contributed by atoms with van der Waals surface area (Å²) >= 11 is 1.41. The van der Waals surface area contributed by atoms with Crippen LogP contribution in [-0.2, 0) is 30.4 Å². The van der Waals surface area contributed by atoms with E-state index in [4.69, 9.17) is 5.73 Å². The average molecular weight is 515 g/mol. The second-order valence-electron chi connectivity index (χ2n) is 8.09. The van der Waals surface area contributed by atoms with Gasteiger partial charge in [-0.1, -0.05) is 20.3 Å². The number of thioether (sulfide) groups is 1. The molecule has 8 N–H and O–H groups in total. The first kappa shape index (κ1) is 29.9. The van der Waals surface area contributed by atoms with Crippen molar-refractivity contribution in [2.24, 2.45) is 11.7 Å². The van der Waals surface area contributed by atoms with E-state index >= 15 is 0 Å². The lowest BCUT2D eigenvalue weighted by atomic mass is 9.99. The van der Waals surface area contributed by atoms with Crippen molar-refractivity contribution in [1.29, 1.82) is 0 Å². The molecule has 0 aromatic carbocycles. The van der Waals surface area contributed by atoms with Crippen molar-refractivity contribution in [3.05, 3.63) is 18.2 Å². The first-order valence-corrected chi connectivity index (χ1v) is 12.5. The molecule has 0 aliphatic heterocycles. The number of hydrogen-bond acceptors (Lipinski definition) is 8. The zero-order valence-corrected chi connectivity index (χ0v) is 20.8. The minimum absolute atomic E-state index is 0.0768. The van der Waals surface area contributed by atoms with Crippen LogP contribution in [-0.4, -0.2) is 86.0 Å². The van der Waals surface area contributed by atoms with E-state index in [0.717, 1.165) is 0 Å². The van der Waals surface area contributed by atoms with E-state index in [-0.39, 0.29) is 18.8 Å². The van der Waals surface area contributed by atoms with Gasteiger partial charge < -0.3 is 36.9 Å². The highest BCUT2D eigenvalue weighted by Gasteiger charge is 2.32. The molecule has 5 atom stereocenters. The van der Waals surface area contributed by atoms with Gasteiger partial charge in [-0.15, -0.1) is 0 Å². The third-order valence-corrected chi connectivity index (χ3v) is 6.05. The fraction of sp³-hybridized carbons (Fsp3) is 0.619. The second-order valence-corrected chi connectivity index (χ2v) is 9.08. The number of nitrogens with zero attached hydrogens (tertiary/aromatic N) is 1. The Hall–Kier alpha value is -3.13. The van der Waals surface area contributed by atoms with Gasteiger partial charge in [0, 0.05) is 18.3 Å². The summed E-state index contributed by atoms with van der Waals surface area (Å²) in [5.41, 5.74) is 6.36. The normalized spacial score (nSPS) is 15.2. The first-order valence-electron chi connectivity index (χ1n) is 11.1. The lowest BCUT2D eigenvalue weighted by Gasteiger charge is -2.25. The van der Waals surface area contributed by atoms with Gasteiger partial charge in [-0.2, -0.15) is 11.8 Å². The molecule has 0 aliphatic rings. The number of aliphatic carboxylic acids is 2. The second kappa shape index (κ2) is 15.0. The highest BCUT2D eigenvalue weighted by atomic mass is 32.2. The van der Waals surface area contributed by atoms with Crippen molar-refractivity contribution < 1.29 is 34.2 Å². The molecule has 13 nitrogen and oxygen atoms in total. The Bertz CT molecular complexity index is 866. The molecule has 1 heterocycles. The maximum atomic E-state index is 13.0. The zero-order valence-electron chi connectivity index (χ0n) is 19.9. The maximum Gasteiger partial charge on any atom is 0.326 e. The van der Waals surface area contributed by atoms with E-state index in [9.17, 15) is 34.2 Å². The van der Waals surface area contributed by atoms with Gasteiger partial charge in [0.15, 0.2) is 0 Å². The van der Waals surface area contributed by atoms with Gasteiger partial charge in [0.25, 0.3) is 0 Å². The summed E-state index contributed by atoms with van der Waals surface area (Å²) in [5, 5.41) is 25.8. The number of carbonyl (C=O) groups excluding carboxylic acids is 3. The molecular weight excluding hydrogens is 480 g/mol. The Morgan fingerprint density at radius 3 is 2.17 bits per heavy atom. The summed E-state index contributed by atoms with van der Waals surface area (Å²) in [6, 6.07) is -4.91. The summed E-state index contributed by atoms with van der Waals surface area (Å²) in [5.74, 6) is -4.70. The molecule has 3 amide bonds. The first-order chi connectivity index (χ1) is 16.5. The third kappa shape index (κ3) is 10.3. The van der Waals surface area contributed by atoms with Crippen LogP contribution in [0.4, 0.5) is 0 Å². The molecule has 0 saturated carbocycles. The van der Waals surface area contributed by atoms with Gasteiger partial charge in [0.2, 0.25) is 17.7 Å². The van der Waals surface area contributed by atoms with Crippen molar-refractivity contribution >= 4 is 41.4 Å². The molecule has 0 radical (unpaired) electrons. The summed E-state index contributed by atoms with van der Waals surface area (Å²) in [7, 11) is 0. The minimum atomic E-state index is -1.50. The van der Waals surface area contributed by atoms with Crippen molar-refractivity contribution in [1.82, 2.24) is 25.9 Å². The Morgan fingerprint density at radius 1 is 1.06 bits per heavy atom. The van der Waals surface area contributed by atoms with Gasteiger partial charge >= 0.3 is 11.9 Å². The topological polar surface area (TPSA) is 217 Å². The van der Waals surface area contributed by atoms with Crippen LogP contribution in [0.25, 0.3) is 0 Å². The molecular formula is C21H34N6O7S. The Kier molecular flexibility index (Phi) is 12.8. The largest absolute Gasteiger partial charge is 0.481 e. The van der Waals surface area contributed by atoms with Crippen molar-refractivity contribution in [3.8, 4) is 0 Å². The van der Waals surface area contributed by atoms with Gasteiger partial charge in [-0.25, -0.2) is 9.78 Å². The predicted molar refractivity (Wildman–Crippen MR) is 128 cm³/mol. The molecule has 1 rings (SSSR count). The smallest absolute Gasteiger partial charge is 0.326 e. The standard InChI is InChI=1S/C21H34N6O7S/c1-4-11(2)17(22)20(32)27-15(8-16(28)29)19(31)26-14(7-12-9-23-10-24-12)18(30)25-13(21(33)34)5-6-35-3/h9-11,13-15,17H,4-8,22H2,1-3H3,(H,23,24)(H,25,30)(H,26,31)(H,27,32)(H,28,29)(H,33,34). The number of nitrogens with two attached hydrogens (primary N) is 1. The number of aromatic amines is 1. The Morgan fingerprint density at radius 2 is 1.66 bits per heavy atom. The van der Waals surface area contributed by atoms with Crippen molar-refractivity contribution in [2.75, 3.05) is 12.0 Å². The maximum absolute atomic E-state index is 13.0. The SMILES string of the molecule is CCC(C)C(N)C(=O)NC(CC(=O)O)C(=O)NC(Cc1cnc[nH]1)C(=O)NC(CCSC)C(=O)O. The third-order valence-electron chi connectivity index (χ3n) is 5.41. The minimum Gasteiger partial charge on any atom is -0.481 e. The van der Waals surface area contributed by atoms with Crippen molar-refractivity contribution in [2.45, 2.75) is 63.7 Å². The van der Waals surface area contributed by atoms with E-state index in [1.165, 1.54) is 24.3 Å². The molecule has 1 aromatic heterocycles. The van der Waals surface area contributed by atoms with Gasteiger partial charge in [-0.05, 0) is 24.3 Å². The highest BCUT2D eigenvalue weighted by molar-refractivity contribution is 7.98. The van der Waals surface area contributed by atoms with Gasteiger partial charge in [0.05, 0.1) is 18.8 Å². The number of amides is 3. The van der Waals surface area contributed by atoms with Crippen LogP contribution in [0.1, 0.15) is 38.8 Å². The van der Waals surface area contributed by atoms with E-state index in [2.05, 4.69) is 25.9 Å². The fourth-order valence-electron chi connectivity index (χ4n) is 3.03. The predicted octanol–water partition coefficient (Wildman–Crippen LogP) is -0.908. The highest BCUT2D eigenvalue weighted by Crippen LogP contribution is 2.08. The van der Waals surface area contributed by atoms with Crippen LogP contribution >= 0.6 is 11.8 Å². The summed E-state index contributed by atoms with van der Waals surface area (Å²) in [6.07, 6.45) is 4.54.